The molecule has 2 amide bonds. The van der Waals surface area contributed by atoms with Gasteiger partial charge in [-0.3, -0.25) is 9.59 Å². The molecule has 184 valence electrons. The first-order valence-electron chi connectivity index (χ1n) is 12.1. The first-order valence-corrected chi connectivity index (χ1v) is 13.3. The van der Waals surface area contributed by atoms with Crippen LogP contribution in [0.2, 0.25) is 0 Å². The minimum absolute atomic E-state index is 0.0216. The summed E-state index contributed by atoms with van der Waals surface area (Å²) in [6.45, 7) is 0.224. The van der Waals surface area contributed by atoms with E-state index < -0.39 is 23.1 Å². The lowest BCUT2D eigenvalue weighted by Crippen LogP contribution is -2.53. The molecule has 0 spiro atoms. The van der Waals surface area contributed by atoms with Gasteiger partial charge in [0, 0.05) is 12.3 Å². The van der Waals surface area contributed by atoms with Crippen LogP contribution in [0.4, 0.5) is 4.79 Å². The largest absolute Gasteiger partial charge is 0.481 e. The summed E-state index contributed by atoms with van der Waals surface area (Å²) < 4.78 is 5.66. The number of fused-ring (bicyclic) bond motifs is 3. The highest BCUT2D eigenvalue weighted by molar-refractivity contribution is 7.99. The quantitative estimate of drug-likeness (QED) is 0.505. The smallest absolute Gasteiger partial charge is 0.407 e. The van der Waals surface area contributed by atoms with Crippen LogP contribution in [0.15, 0.2) is 48.5 Å². The maximum absolute atomic E-state index is 12.9. The topological polar surface area (TPSA) is 105 Å². The van der Waals surface area contributed by atoms with Gasteiger partial charge < -0.3 is 20.5 Å². The van der Waals surface area contributed by atoms with E-state index in [1.54, 1.807) is 11.8 Å². The van der Waals surface area contributed by atoms with Gasteiger partial charge in [-0.2, -0.15) is 11.8 Å². The average Bonchev–Trinajstić information content (AvgIpc) is 3.49. The van der Waals surface area contributed by atoms with Crippen molar-refractivity contribution in [2.75, 3.05) is 18.1 Å². The molecule has 5 rings (SSSR count). The molecule has 0 atom stereocenters. The maximum atomic E-state index is 12.9. The molecule has 2 aromatic rings. The minimum atomic E-state index is -0.907. The van der Waals surface area contributed by atoms with Gasteiger partial charge in [0.2, 0.25) is 5.91 Å². The Bertz CT molecular complexity index is 1090. The van der Waals surface area contributed by atoms with Crippen LogP contribution in [-0.2, 0) is 14.3 Å². The summed E-state index contributed by atoms with van der Waals surface area (Å²) in [7, 11) is 0. The Morgan fingerprint density at radius 2 is 1.43 bits per heavy atom. The molecule has 0 unspecified atom stereocenters. The number of thioether (sulfide) groups is 1. The van der Waals surface area contributed by atoms with Gasteiger partial charge >= 0.3 is 12.1 Å². The lowest BCUT2D eigenvalue weighted by Gasteiger charge is -2.37. The second kappa shape index (κ2) is 9.57. The maximum Gasteiger partial charge on any atom is 0.407 e. The molecule has 2 aromatic carbocycles. The highest BCUT2D eigenvalue weighted by Crippen LogP contribution is 2.45. The highest BCUT2D eigenvalue weighted by Gasteiger charge is 2.47. The molecule has 1 aliphatic heterocycles. The van der Waals surface area contributed by atoms with E-state index >= 15 is 0 Å². The fourth-order valence-electron chi connectivity index (χ4n) is 5.39. The van der Waals surface area contributed by atoms with E-state index in [1.165, 1.54) is 11.1 Å². The zero-order valence-corrected chi connectivity index (χ0v) is 20.4. The number of carboxylic acids is 1. The van der Waals surface area contributed by atoms with E-state index in [4.69, 9.17) is 4.74 Å². The van der Waals surface area contributed by atoms with E-state index in [0.29, 0.717) is 25.7 Å². The molecule has 7 nitrogen and oxygen atoms in total. The van der Waals surface area contributed by atoms with Crippen molar-refractivity contribution in [1.82, 2.24) is 10.6 Å². The molecule has 0 bridgehead atoms. The number of hydrogen-bond donors (Lipinski definition) is 3. The molecule has 2 fully saturated rings. The van der Waals surface area contributed by atoms with Crippen molar-refractivity contribution in [2.45, 2.75) is 55.5 Å². The van der Waals surface area contributed by atoms with Crippen molar-refractivity contribution in [2.24, 2.45) is 0 Å². The molecule has 2 aliphatic carbocycles. The van der Waals surface area contributed by atoms with E-state index in [9.17, 15) is 19.5 Å². The van der Waals surface area contributed by atoms with Crippen LogP contribution in [0.1, 0.15) is 55.6 Å². The van der Waals surface area contributed by atoms with Gasteiger partial charge in [-0.05, 0) is 59.4 Å². The molecule has 35 heavy (non-hydrogen) atoms. The van der Waals surface area contributed by atoms with Gasteiger partial charge in [0.1, 0.15) is 6.61 Å². The van der Waals surface area contributed by atoms with E-state index in [2.05, 4.69) is 34.9 Å². The summed E-state index contributed by atoms with van der Waals surface area (Å²) in [6, 6.07) is 16.4. The van der Waals surface area contributed by atoms with Gasteiger partial charge in [-0.15, -0.1) is 0 Å². The number of nitrogens with one attached hydrogen (secondary N) is 2. The fourth-order valence-corrected chi connectivity index (χ4v) is 6.67. The SMILES string of the molecule is O=C(O)CC1(NC(=O)CC2(NC(=O)OCC3c4ccccc4-c4ccccc43)CC2)CCSCC1. The third kappa shape index (κ3) is 5.17. The summed E-state index contributed by atoms with van der Waals surface area (Å²) in [6.07, 6.45) is 2.22. The third-order valence-electron chi connectivity index (χ3n) is 7.41. The number of carbonyl (C=O) groups excluding carboxylic acids is 2. The molecule has 1 saturated heterocycles. The van der Waals surface area contributed by atoms with E-state index in [0.717, 1.165) is 22.6 Å². The highest BCUT2D eigenvalue weighted by atomic mass is 32.2. The Morgan fingerprint density at radius 1 is 0.857 bits per heavy atom. The van der Waals surface area contributed by atoms with Crippen LogP contribution < -0.4 is 10.6 Å². The van der Waals surface area contributed by atoms with Crippen molar-refractivity contribution in [3.8, 4) is 11.1 Å². The number of carboxylic acid groups (broad SMARTS) is 1. The van der Waals surface area contributed by atoms with Crippen LogP contribution in [0, 0.1) is 0 Å². The molecular formula is C27H30N2O5S. The molecule has 3 N–H and O–H groups in total. The summed E-state index contributed by atoms with van der Waals surface area (Å²) >= 11 is 1.77. The fraction of sp³-hybridized carbons (Fsp3) is 0.444. The van der Waals surface area contributed by atoms with Crippen molar-refractivity contribution >= 4 is 29.7 Å². The summed E-state index contributed by atoms with van der Waals surface area (Å²) in [5, 5.41) is 15.3. The Balaban J connectivity index is 1.18. The van der Waals surface area contributed by atoms with E-state index in [1.807, 2.05) is 24.3 Å². The number of benzene rings is 2. The third-order valence-corrected chi connectivity index (χ3v) is 8.39. The molecule has 3 aliphatic rings. The number of alkyl carbamates (subject to hydrolysis) is 1. The lowest BCUT2D eigenvalue weighted by atomic mass is 9.88. The predicted molar refractivity (Wildman–Crippen MR) is 134 cm³/mol. The van der Waals surface area contributed by atoms with Gasteiger partial charge in [0.05, 0.1) is 17.5 Å². The van der Waals surface area contributed by atoms with Crippen LogP contribution in [0.5, 0.6) is 0 Å². The first-order chi connectivity index (χ1) is 16.9. The number of aliphatic carboxylic acids is 1. The Hall–Kier alpha value is -3.00. The van der Waals surface area contributed by atoms with Crippen molar-refractivity contribution in [3.05, 3.63) is 59.7 Å². The van der Waals surface area contributed by atoms with E-state index in [-0.39, 0.29) is 31.3 Å². The van der Waals surface area contributed by atoms with Crippen LogP contribution in [-0.4, -0.2) is 52.3 Å². The summed E-state index contributed by atoms with van der Waals surface area (Å²) in [4.78, 5) is 37.0. The molecule has 0 radical (unpaired) electrons. The number of amides is 2. The normalized spacial score (nSPS) is 19.2. The summed E-state index contributed by atoms with van der Waals surface area (Å²) in [5.41, 5.74) is 3.33. The number of ether oxygens (including phenoxy) is 1. The Kier molecular flexibility index (Phi) is 6.49. The van der Waals surface area contributed by atoms with Crippen LogP contribution >= 0.6 is 11.8 Å². The predicted octanol–water partition coefficient (Wildman–Crippen LogP) is 4.30. The zero-order valence-electron chi connectivity index (χ0n) is 19.5. The molecule has 1 heterocycles. The average molecular weight is 495 g/mol. The van der Waals surface area contributed by atoms with Crippen LogP contribution in [0.25, 0.3) is 11.1 Å². The number of rotatable bonds is 8. The molecular weight excluding hydrogens is 464 g/mol. The molecule has 1 saturated carbocycles. The van der Waals surface area contributed by atoms with Gasteiger partial charge in [0.15, 0.2) is 0 Å². The van der Waals surface area contributed by atoms with Crippen molar-refractivity contribution in [1.29, 1.82) is 0 Å². The second-order valence-electron chi connectivity index (χ2n) is 9.92. The first kappa shape index (κ1) is 23.7. The van der Waals surface area contributed by atoms with Crippen LogP contribution in [0.3, 0.4) is 0 Å². The monoisotopic (exact) mass is 494 g/mol. The van der Waals surface area contributed by atoms with Gasteiger partial charge in [-0.25, -0.2) is 4.79 Å². The number of carbonyl (C=O) groups is 3. The molecule has 8 heteroatoms. The molecule has 0 aromatic heterocycles. The van der Waals surface area contributed by atoms with Gasteiger partial charge in [0.25, 0.3) is 0 Å². The second-order valence-corrected chi connectivity index (χ2v) is 11.1. The minimum Gasteiger partial charge on any atom is -0.481 e. The zero-order chi connectivity index (χ0) is 24.5. The van der Waals surface area contributed by atoms with Crippen molar-refractivity contribution in [3.63, 3.8) is 0 Å². The number of hydrogen-bond acceptors (Lipinski definition) is 5. The van der Waals surface area contributed by atoms with Gasteiger partial charge in [-0.1, -0.05) is 48.5 Å². The van der Waals surface area contributed by atoms with Crippen molar-refractivity contribution < 1.29 is 24.2 Å². The summed E-state index contributed by atoms with van der Waals surface area (Å²) in [5.74, 6) is 0.518. The standard InChI is InChI=1S/C27H30N2O5S/c30-23(28-27(16-24(31)32)11-13-35-14-12-27)15-26(9-10-26)29-25(33)34-17-22-20-7-3-1-5-18(20)19-6-2-4-8-21(19)22/h1-8,22H,9-17H2,(H,28,30)(H,29,33)(H,31,32). The Morgan fingerprint density at radius 3 is 2.00 bits per heavy atom. The lowest BCUT2D eigenvalue weighted by molar-refractivity contribution is -0.139. The Labute approximate surface area is 209 Å².